The Bertz CT molecular complexity index is 180. The number of rotatable bonds is 2. The van der Waals surface area contributed by atoms with Crippen LogP contribution in [0, 0.1) is 0 Å². The zero-order valence-corrected chi connectivity index (χ0v) is 8.08. The van der Waals surface area contributed by atoms with Crippen LogP contribution < -0.4 is 0 Å². The van der Waals surface area contributed by atoms with Crippen LogP contribution in [0.1, 0.15) is 26.7 Å². The molecule has 1 nitrogen and oxygen atoms in total. The maximum Gasteiger partial charge on any atom is 0.0782 e. The van der Waals surface area contributed by atoms with Crippen LogP contribution in [-0.2, 0) is 0 Å². The highest BCUT2D eigenvalue weighted by Crippen LogP contribution is 2.11. The number of allylic oxidation sites excluding steroid dienone is 1. The first-order valence-electron chi connectivity index (χ1n) is 4.11. The third-order valence-electron chi connectivity index (χ3n) is 1.89. The van der Waals surface area contributed by atoms with Crippen molar-refractivity contribution in [2.45, 2.75) is 26.7 Å². The minimum absolute atomic E-state index is 1.02. The van der Waals surface area contributed by atoms with Crippen molar-refractivity contribution in [2.75, 3.05) is 13.1 Å². The van der Waals surface area contributed by atoms with Gasteiger partial charge >= 0.3 is 0 Å². The van der Waals surface area contributed by atoms with E-state index < -0.39 is 0 Å². The molecule has 1 aliphatic heterocycles. The van der Waals surface area contributed by atoms with E-state index in [0.29, 0.717) is 0 Å². The SMILES string of the molecule is CC(C)=CCN1CCCC1=S. The summed E-state index contributed by atoms with van der Waals surface area (Å²) in [6.45, 7) is 6.42. The van der Waals surface area contributed by atoms with E-state index in [9.17, 15) is 0 Å². The minimum atomic E-state index is 1.02. The van der Waals surface area contributed by atoms with Crippen molar-refractivity contribution in [2.24, 2.45) is 0 Å². The van der Waals surface area contributed by atoms with Crippen molar-refractivity contribution in [1.82, 2.24) is 4.90 Å². The zero-order valence-electron chi connectivity index (χ0n) is 7.26. The Morgan fingerprint density at radius 2 is 2.36 bits per heavy atom. The van der Waals surface area contributed by atoms with Crippen LogP contribution in [0.3, 0.4) is 0 Å². The van der Waals surface area contributed by atoms with Gasteiger partial charge in [0.15, 0.2) is 0 Å². The molecule has 1 aliphatic rings. The molecule has 1 fully saturated rings. The summed E-state index contributed by atoms with van der Waals surface area (Å²) < 4.78 is 0. The van der Waals surface area contributed by atoms with Crippen molar-refractivity contribution >= 4 is 17.2 Å². The van der Waals surface area contributed by atoms with E-state index in [0.717, 1.165) is 24.5 Å². The smallest absolute Gasteiger partial charge is 0.0782 e. The molecule has 1 rings (SSSR count). The molecule has 11 heavy (non-hydrogen) atoms. The summed E-state index contributed by atoms with van der Waals surface area (Å²) in [5, 5.41) is 0. The highest BCUT2D eigenvalue weighted by Gasteiger charge is 2.14. The van der Waals surface area contributed by atoms with E-state index in [-0.39, 0.29) is 0 Å². The highest BCUT2D eigenvalue weighted by molar-refractivity contribution is 7.80. The molecular formula is C9H15NS. The van der Waals surface area contributed by atoms with Crippen molar-refractivity contribution < 1.29 is 0 Å². The quantitative estimate of drug-likeness (QED) is 0.461. The molecule has 1 saturated heterocycles. The van der Waals surface area contributed by atoms with Crippen LogP contribution in [0.2, 0.25) is 0 Å². The summed E-state index contributed by atoms with van der Waals surface area (Å²) in [6, 6.07) is 0. The van der Waals surface area contributed by atoms with Gasteiger partial charge in [0.05, 0.1) is 4.99 Å². The largest absolute Gasteiger partial charge is 0.362 e. The van der Waals surface area contributed by atoms with Crippen LogP contribution in [-0.4, -0.2) is 23.0 Å². The van der Waals surface area contributed by atoms with Crippen LogP contribution in [0.25, 0.3) is 0 Å². The normalized spacial score (nSPS) is 17.3. The van der Waals surface area contributed by atoms with E-state index in [2.05, 4.69) is 24.8 Å². The van der Waals surface area contributed by atoms with Crippen molar-refractivity contribution in [3.05, 3.63) is 11.6 Å². The first-order valence-corrected chi connectivity index (χ1v) is 4.52. The Morgan fingerprint density at radius 3 is 2.82 bits per heavy atom. The fourth-order valence-electron chi connectivity index (χ4n) is 1.19. The fraction of sp³-hybridized carbons (Fsp3) is 0.667. The Labute approximate surface area is 74.1 Å². The molecule has 0 aromatic carbocycles. The Morgan fingerprint density at radius 1 is 1.64 bits per heavy atom. The second-order valence-electron chi connectivity index (χ2n) is 3.22. The number of likely N-dealkylation sites (tertiary alicyclic amines) is 1. The Kier molecular flexibility index (Phi) is 3.06. The Hall–Kier alpha value is -0.370. The van der Waals surface area contributed by atoms with Gasteiger partial charge in [-0.15, -0.1) is 0 Å². The van der Waals surface area contributed by atoms with Gasteiger partial charge in [-0.05, 0) is 26.7 Å². The molecule has 0 amide bonds. The van der Waals surface area contributed by atoms with Gasteiger partial charge in [-0.2, -0.15) is 0 Å². The molecule has 0 aromatic heterocycles. The molecular weight excluding hydrogens is 154 g/mol. The third kappa shape index (κ3) is 2.62. The summed E-state index contributed by atoms with van der Waals surface area (Å²) in [6.07, 6.45) is 4.60. The number of nitrogens with zero attached hydrogens (tertiary/aromatic N) is 1. The molecule has 0 unspecified atom stereocenters. The van der Waals surface area contributed by atoms with Gasteiger partial charge in [-0.3, -0.25) is 0 Å². The summed E-state index contributed by atoms with van der Waals surface area (Å²) >= 11 is 5.19. The molecule has 0 atom stereocenters. The fourth-order valence-corrected chi connectivity index (χ4v) is 1.50. The van der Waals surface area contributed by atoms with Gasteiger partial charge in [0.2, 0.25) is 0 Å². The van der Waals surface area contributed by atoms with E-state index in [1.165, 1.54) is 12.0 Å². The second-order valence-corrected chi connectivity index (χ2v) is 3.70. The summed E-state index contributed by atoms with van der Waals surface area (Å²) in [4.78, 5) is 3.42. The van der Waals surface area contributed by atoms with Gasteiger partial charge < -0.3 is 4.90 Å². The lowest BCUT2D eigenvalue weighted by Crippen LogP contribution is -2.23. The van der Waals surface area contributed by atoms with Gasteiger partial charge in [0.1, 0.15) is 0 Å². The van der Waals surface area contributed by atoms with Crippen LogP contribution >= 0.6 is 12.2 Å². The van der Waals surface area contributed by atoms with Gasteiger partial charge in [0.25, 0.3) is 0 Å². The van der Waals surface area contributed by atoms with Crippen LogP contribution in [0.5, 0.6) is 0 Å². The first kappa shape index (κ1) is 8.72. The average Bonchev–Trinajstić information content (AvgIpc) is 2.31. The lowest BCUT2D eigenvalue weighted by molar-refractivity contribution is 0.507. The highest BCUT2D eigenvalue weighted by atomic mass is 32.1. The third-order valence-corrected chi connectivity index (χ3v) is 2.35. The molecule has 0 aliphatic carbocycles. The summed E-state index contributed by atoms with van der Waals surface area (Å²) in [5.74, 6) is 0. The molecule has 1 heterocycles. The van der Waals surface area contributed by atoms with Crippen molar-refractivity contribution in [3.8, 4) is 0 Å². The maximum absolute atomic E-state index is 5.19. The molecule has 0 aromatic rings. The molecule has 0 saturated carbocycles. The average molecular weight is 169 g/mol. The number of hydrogen-bond acceptors (Lipinski definition) is 1. The summed E-state index contributed by atoms with van der Waals surface area (Å²) in [5.41, 5.74) is 1.37. The van der Waals surface area contributed by atoms with Gasteiger partial charge in [-0.1, -0.05) is 23.9 Å². The molecule has 62 valence electrons. The molecule has 2 heteroatoms. The van der Waals surface area contributed by atoms with Crippen LogP contribution in [0.15, 0.2) is 11.6 Å². The standard InChI is InChI=1S/C9H15NS/c1-8(2)5-7-10-6-3-4-9(10)11/h5H,3-4,6-7H2,1-2H3. The summed E-state index contributed by atoms with van der Waals surface area (Å²) in [7, 11) is 0. The topological polar surface area (TPSA) is 3.24 Å². The predicted octanol–water partition coefficient (Wildman–Crippen LogP) is 2.38. The lowest BCUT2D eigenvalue weighted by atomic mass is 10.3. The monoisotopic (exact) mass is 169 g/mol. The predicted molar refractivity (Wildman–Crippen MR) is 52.8 cm³/mol. The van der Waals surface area contributed by atoms with Gasteiger partial charge in [0, 0.05) is 13.1 Å². The molecule has 0 radical (unpaired) electrons. The van der Waals surface area contributed by atoms with E-state index >= 15 is 0 Å². The van der Waals surface area contributed by atoms with E-state index in [1.54, 1.807) is 0 Å². The number of thiocarbonyl (C=S) groups is 1. The number of hydrogen-bond donors (Lipinski definition) is 0. The first-order chi connectivity index (χ1) is 5.20. The maximum atomic E-state index is 5.19. The lowest BCUT2D eigenvalue weighted by Gasteiger charge is -2.14. The molecule has 0 spiro atoms. The van der Waals surface area contributed by atoms with Crippen LogP contribution in [0.4, 0.5) is 0 Å². The molecule has 0 N–H and O–H groups in total. The second kappa shape index (κ2) is 3.86. The van der Waals surface area contributed by atoms with Crippen molar-refractivity contribution in [1.29, 1.82) is 0 Å². The van der Waals surface area contributed by atoms with E-state index in [1.807, 2.05) is 0 Å². The zero-order chi connectivity index (χ0) is 8.27. The van der Waals surface area contributed by atoms with E-state index in [4.69, 9.17) is 12.2 Å². The minimum Gasteiger partial charge on any atom is -0.362 e. The molecule has 0 bridgehead atoms. The Balaban J connectivity index is 2.37. The van der Waals surface area contributed by atoms with Gasteiger partial charge in [-0.25, -0.2) is 0 Å². The van der Waals surface area contributed by atoms with Crippen molar-refractivity contribution in [3.63, 3.8) is 0 Å².